The lowest BCUT2D eigenvalue weighted by Gasteiger charge is -2.35. The van der Waals surface area contributed by atoms with Crippen molar-refractivity contribution in [3.8, 4) is 5.75 Å². The van der Waals surface area contributed by atoms with Gasteiger partial charge in [0.25, 0.3) is 0 Å². The fourth-order valence-electron chi connectivity index (χ4n) is 5.05. The molecule has 31 heavy (non-hydrogen) atoms. The van der Waals surface area contributed by atoms with E-state index < -0.39 is 40.8 Å². The van der Waals surface area contributed by atoms with Crippen molar-refractivity contribution in [1.29, 1.82) is 0 Å². The minimum atomic E-state index is -1.75. The van der Waals surface area contributed by atoms with Crippen molar-refractivity contribution < 1.29 is 24.2 Å². The summed E-state index contributed by atoms with van der Waals surface area (Å²) in [5, 5.41) is 13.7. The standard InChI is InChI=1S/C24H26N2O5/c1-23(2,3)26-20(27)17-18(21(26)28)24(22(29)30,14-10-6-5-7-11-14)25-19(17)15-12-8-9-13-16(15)31-4/h5-13,17-19,25H,1-4H3,(H,29,30). The lowest BCUT2D eigenvalue weighted by atomic mass is 9.75. The predicted molar refractivity (Wildman–Crippen MR) is 113 cm³/mol. The van der Waals surface area contributed by atoms with Gasteiger partial charge in [-0.2, -0.15) is 0 Å². The fraction of sp³-hybridized carbons (Fsp3) is 0.375. The molecule has 162 valence electrons. The molecule has 0 aromatic heterocycles. The summed E-state index contributed by atoms with van der Waals surface area (Å²) >= 11 is 0. The molecular formula is C24H26N2O5. The molecule has 4 rings (SSSR count). The zero-order valence-corrected chi connectivity index (χ0v) is 18.0. The van der Waals surface area contributed by atoms with Crippen LogP contribution < -0.4 is 10.1 Å². The van der Waals surface area contributed by atoms with Crippen molar-refractivity contribution in [2.75, 3.05) is 7.11 Å². The van der Waals surface area contributed by atoms with Gasteiger partial charge in [-0.25, -0.2) is 4.79 Å². The first-order valence-corrected chi connectivity index (χ1v) is 10.2. The summed E-state index contributed by atoms with van der Waals surface area (Å²) in [5.74, 6) is -3.47. The van der Waals surface area contributed by atoms with Crippen molar-refractivity contribution in [3.63, 3.8) is 0 Å². The first kappa shape index (κ1) is 21.1. The topological polar surface area (TPSA) is 95.9 Å². The maximum Gasteiger partial charge on any atom is 0.329 e. The molecule has 2 amide bonds. The maximum atomic E-state index is 13.6. The monoisotopic (exact) mass is 422 g/mol. The summed E-state index contributed by atoms with van der Waals surface area (Å²) in [6.07, 6.45) is 0. The van der Waals surface area contributed by atoms with Crippen LogP contribution in [0.25, 0.3) is 0 Å². The van der Waals surface area contributed by atoms with Crippen molar-refractivity contribution in [2.45, 2.75) is 37.9 Å². The van der Waals surface area contributed by atoms with Crippen LogP contribution in [-0.2, 0) is 19.9 Å². The first-order chi connectivity index (χ1) is 14.6. The first-order valence-electron chi connectivity index (χ1n) is 10.2. The zero-order valence-electron chi connectivity index (χ0n) is 18.0. The maximum absolute atomic E-state index is 13.6. The predicted octanol–water partition coefficient (Wildman–Crippen LogP) is 2.72. The third-order valence-electron chi connectivity index (χ3n) is 6.27. The van der Waals surface area contributed by atoms with E-state index >= 15 is 0 Å². The van der Waals surface area contributed by atoms with Gasteiger partial charge in [-0.1, -0.05) is 48.5 Å². The Morgan fingerprint density at radius 1 is 1.03 bits per heavy atom. The van der Waals surface area contributed by atoms with Crippen LogP contribution in [0, 0.1) is 11.8 Å². The van der Waals surface area contributed by atoms with Crippen LogP contribution in [0.3, 0.4) is 0 Å². The second-order valence-corrected chi connectivity index (χ2v) is 9.03. The van der Waals surface area contributed by atoms with E-state index in [-0.39, 0.29) is 5.91 Å². The van der Waals surface area contributed by atoms with E-state index in [1.807, 2.05) is 0 Å². The molecule has 2 N–H and O–H groups in total. The highest BCUT2D eigenvalue weighted by molar-refractivity contribution is 6.10. The number of aliphatic carboxylic acids is 1. The molecule has 2 aromatic carbocycles. The number of hydrogen-bond donors (Lipinski definition) is 2. The highest BCUT2D eigenvalue weighted by atomic mass is 16.5. The fourth-order valence-corrected chi connectivity index (χ4v) is 5.05. The quantitative estimate of drug-likeness (QED) is 0.736. The number of benzene rings is 2. The number of likely N-dealkylation sites (tertiary alicyclic amines) is 1. The van der Waals surface area contributed by atoms with Crippen molar-refractivity contribution in [2.24, 2.45) is 11.8 Å². The molecule has 7 heteroatoms. The number of carboxylic acids is 1. The molecule has 4 unspecified atom stereocenters. The van der Waals surface area contributed by atoms with Gasteiger partial charge in [0.2, 0.25) is 11.8 Å². The van der Waals surface area contributed by atoms with Crippen LogP contribution in [-0.4, -0.2) is 40.4 Å². The van der Waals surface area contributed by atoms with Crippen LogP contribution in [0.15, 0.2) is 54.6 Å². The minimum Gasteiger partial charge on any atom is -0.496 e. The number of amides is 2. The Kier molecular flexibility index (Phi) is 4.89. The molecule has 4 atom stereocenters. The number of para-hydroxylation sites is 1. The number of carbonyl (C=O) groups is 3. The van der Waals surface area contributed by atoms with E-state index in [0.29, 0.717) is 16.9 Å². The summed E-state index contributed by atoms with van der Waals surface area (Å²) in [6, 6.07) is 15.1. The lowest BCUT2D eigenvalue weighted by Crippen LogP contribution is -2.55. The Bertz CT molecular complexity index is 1050. The Morgan fingerprint density at radius 3 is 2.23 bits per heavy atom. The van der Waals surface area contributed by atoms with E-state index in [1.54, 1.807) is 75.4 Å². The number of ether oxygens (including phenoxy) is 1. The molecule has 2 heterocycles. The van der Waals surface area contributed by atoms with Gasteiger partial charge in [0.05, 0.1) is 18.9 Å². The molecule has 7 nitrogen and oxygen atoms in total. The Balaban J connectivity index is 1.98. The second kappa shape index (κ2) is 7.20. The molecule has 2 aliphatic heterocycles. The molecular weight excluding hydrogens is 396 g/mol. The van der Waals surface area contributed by atoms with E-state index in [4.69, 9.17) is 4.74 Å². The summed E-state index contributed by atoms with van der Waals surface area (Å²) in [6.45, 7) is 5.33. The zero-order chi connectivity index (χ0) is 22.6. The Labute approximate surface area is 181 Å². The van der Waals surface area contributed by atoms with Gasteiger partial charge in [-0.15, -0.1) is 0 Å². The van der Waals surface area contributed by atoms with E-state index in [9.17, 15) is 19.5 Å². The lowest BCUT2D eigenvalue weighted by molar-refractivity contribution is -0.154. The van der Waals surface area contributed by atoms with E-state index in [2.05, 4.69) is 5.32 Å². The van der Waals surface area contributed by atoms with Gasteiger partial charge in [0.15, 0.2) is 5.54 Å². The minimum absolute atomic E-state index is 0.370. The van der Waals surface area contributed by atoms with Gasteiger partial charge in [0, 0.05) is 17.1 Å². The third-order valence-corrected chi connectivity index (χ3v) is 6.27. The molecule has 2 fully saturated rings. The van der Waals surface area contributed by atoms with Gasteiger partial charge < -0.3 is 9.84 Å². The van der Waals surface area contributed by atoms with Gasteiger partial charge in [0.1, 0.15) is 5.75 Å². The average Bonchev–Trinajstić information content (AvgIpc) is 3.23. The van der Waals surface area contributed by atoms with Gasteiger partial charge >= 0.3 is 5.97 Å². The highest BCUT2D eigenvalue weighted by Crippen LogP contribution is 2.55. The summed E-state index contributed by atoms with van der Waals surface area (Å²) < 4.78 is 5.50. The molecule has 0 radical (unpaired) electrons. The van der Waals surface area contributed by atoms with Crippen molar-refractivity contribution in [3.05, 3.63) is 65.7 Å². The largest absolute Gasteiger partial charge is 0.496 e. The average molecular weight is 422 g/mol. The molecule has 2 saturated heterocycles. The summed E-state index contributed by atoms with van der Waals surface area (Å²) in [5.41, 5.74) is -1.43. The van der Waals surface area contributed by atoms with E-state index in [0.717, 1.165) is 0 Å². The second-order valence-electron chi connectivity index (χ2n) is 9.03. The molecule has 0 spiro atoms. The van der Waals surface area contributed by atoms with Gasteiger partial charge in [-0.05, 0) is 32.4 Å². The van der Waals surface area contributed by atoms with Crippen LogP contribution in [0.4, 0.5) is 0 Å². The normalized spacial score (nSPS) is 28.0. The number of nitrogens with zero attached hydrogens (tertiary/aromatic N) is 1. The molecule has 0 bridgehead atoms. The van der Waals surface area contributed by atoms with Crippen LogP contribution in [0.2, 0.25) is 0 Å². The van der Waals surface area contributed by atoms with Crippen LogP contribution in [0.1, 0.15) is 37.9 Å². The Hall–Kier alpha value is -3.19. The number of carboxylic acid groups (broad SMARTS) is 1. The van der Waals surface area contributed by atoms with E-state index in [1.165, 1.54) is 12.0 Å². The molecule has 2 aromatic rings. The number of carbonyl (C=O) groups excluding carboxylic acids is 2. The summed E-state index contributed by atoms with van der Waals surface area (Å²) in [7, 11) is 1.52. The van der Waals surface area contributed by atoms with Gasteiger partial charge in [-0.3, -0.25) is 19.8 Å². The number of fused-ring (bicyclic) bond motifs is 1. The summed E-state index contributed by atoms with van der Waals surface area (Å²) in [4.78, 5) is 41.3. The number of hydrogen-bond acceptors (Lipinski definition) is 5. The number of methoxy groups -OCH3 is 1. The highest BCUT2D eigenvalue weighted by Gasteiger charge is 2.70. The molecule has 0 aliphatic carbocycles. The van der Waals surface area contributed by atoms with Crippen LogP contribution in [0.5, 0.6) is 5.75 Å². The number of imide groups is 1. The Morgan fingerprint density at radius 2 is 1.65 bits per heavy atom. The van der Waals surface area contributed by atoms with Crippen molar-refractivity contribution in [1.82, 2.24) is 10.2 Å². The number of nitrogens with one attached hydrogen (secondary N) is 1. The SMILES string of the molecule is COc1ccccc1C1NC(C(=O)O)(c2ccccc2)C2C(=O)N(C(C)(C)C)C(=O)C12. The third kappa shape index (κ3) is 2.95. The van der Waals surface area contributed by atoms with Crippen molar-refractivity contribution >= 4 is 17.8 Å². The molecule has 0 saturated carbocycles. The number of rotatable bonds is 4. The smallest absolute Gasteiger partial charge is 0.329 e. The molecule has 2 aliphatic rings. The van der Waals surface area contributed by atoms with Crippen LogP contribution >= 0.6 is 0 Å².